The van der Waals surface area contributed by atoms with Gasteiger partial charge in [0.2, 0.25) is 0 Å². The van der Waals surface area contributed by atoms with Crippen molar-refractivity contribution in [2.24, 2.45) is 5.92 Å². The number of ether oxygens (including phenoxy) is 2. The van der Waals surface area contributed by atoms with Crippen molar-refractivity contribution in [2.75, 3.05) is 25.6 Å². The highest BCUT2D eigenvalue weighted by Crippen LogP contribution is 2.27. The zero-order valence-electron chi connectivity index (χ0n) is 12.3. The van der Waals surface area contributed by atoms with Gasteiger partial charge in [-0.15, -0.1) is 0 Å². The SMILES string of the molecule is COc1cc(NC(=O)NC(C)C2CCOCC2)ccc1Cl. The molecule has 0 radical (unpaired) electrons. The highest BCUT2D eigenvalue weighted by molar-refractivity contribution is 6.32. The number of urea groups is 1. The zero-order chi connectivity index (χ0) is 15.2. The normalized spacial score (nSPS) is 17.1. The maximum absolute atomic E-state index is 12.0. The van der Waals surface area contributed by atoms with E-state index in [1.54, 1.807) is 18.2 Å². The second-order valence-electron chi connectivity index (χ2n) is 5.19. The average molecular weight is 313 g/mol. The second kappa shape index (κ2) is 7.52. The lowest BCUT2D eigenvalue weighted by Gasteiger charge is -2.28. The van der Waals surface area contributed by atoms with Crippen LogP contribution in [-0.4, -0.2) is 32.4 Å². The largest absolute Gasteiger partial charge is 0.495 e. The van der Waals surface area contributed by atoms with Crippen LogP contribution in [0.1, 0.15) is 19.8 Å². The van der Waals surface area contributed by atoms with Gasteiger partial charge in [0.15, 0.2) is 0 Å². The Balaban J connectivity index is 1.89. The molecule has 1 atom stereocenters. The molecule has 6 heteroatoms. The first-order valence-electron chi connectivity index (χ1n) is 7.09. The number of hydrogen-bond acceptors (Lipinski definition) is 3. The third-order valence-electron chi connectivity index (χ3n) is 3.74. The molecule has 0 aliphatic carbocycles. The molecule has 116 valence electrons. The van der Waals surface area contributed by atoms with Crippen LogP contribution < -0.4 is 15.4 Å². The predicted octanol–water partition coefficient (Wildman–Crippen LogP) is 3.29. The van der Waals surface area contributed by atoms with Gasteiger partial charge in [-0.25, -0.2) is 4.79 Å². The molecule has 21 heavy (non-hydrogen) atoms. The van der Waals surface area contributed by atoms with Crippen molar-refractivity contribution in [1.82, 2.24) is 5.32 Å². The van der Waals surface area contributed by atoms with Crippen molar-refractivity contribution in [1.29, 1.82) is 0 Å². The summed E-state index contributed by atoms with van der Waals surface area (Å²) in [6, 6.07) is 5.02. The number of amides is 2. The zero-order valence-corrected chi connectivity index (χ0v) is 13.1. The van der Waals surface area contributed by atoms with E-state index in [0.29, 0.717) is 22.4 Å². The van der Waals surface area contributed by atoms with Gasteiger partial charge in [0, 0.05) is 31.0 Å². The number of halogens is 1. The van der Waals surface area contributed by atoms with Gasteiger partial charge in [-0.2, -0.15) is 0 Å². The van der Waals surface area contributed by atoms with E-state index in [1.807, 2.05) is 6.92 Å². The molecular formula is C15H21ClN2O3. The van der Waals surface area contributed by atoms with E-state index in [-0.39, 0.29) is 12.1 Å². The lowest BCUT2D eigenvalue weighted by molar-refractivity contribution is 0.0573. The monoisotopic (exact) mass is 312 g/mol. The van der Waals surface area contributed by atoms with Crippen LogP contribution in [0.2, 0.25) is 5.02 Å². The van der Waals surface area contributed by atoms with Gasteiger partial charge in [-0.1, -0.05) is 11.6 Å². The lowest BCUT2D eigenvalue weighted by atomic mass is 9.93. The molecule has 5 nitrogen and oxygen atoms in total. The van der Waals surface area contributed by atoms with Gasteiger partial charge in [0.1, 0.15) is 5.75 Å². The minimum atomic E-state index is -0.224. The van der Waals surface area contributed by atoms with Crippen LogP contribution in [-0.2, 0) is 4.74 Å². The van der Waals surface area contributed by atoms with E-state index in [1.165, 1.54) is 7.11 Å². The van der Waals surface area contributed by atoms with E-state index in [2.05, 4.69) is 10.6 Å². The number of nitrogens with one attached hydrogen (secondary N) is 2. The second-order valence-corrected chi connectivity index (χ2v) is 5.59. The summed E-state index contributed by atoms with van der Waals surface area (Å²) >= 11 is 5.95. The molecular weight excluding hydrogens is 292 g/mol. The van der Waals surface area contributed by atoms with Crippen molar-refractivity contribution in [3.05, 3.63) is 23.2 Å². The highest BCUT2D eigenvalue weighted by Gasteiger charge is 2.21. The lowest BCUT2D eigenvalue weighted by Crippen LogP contribution is -2.42. The number of rotatable bonds is 4. The van der Waals surface area contributed by atoms with Crippen LogP contribution in [0.25, 0.3) is 0 Å². The van der Waals surface area contributed by atoms with E-state index in [4.69, 9.17) is 21.1 Å². The molecule has 0 bridgehead atoms. The smallest absolute Gasteiger partial charge is 0.319 e. The maximum atomic E-state index is 12.0. The Kier molecular flexibility index (Phi) is 5.70. The van der Waals surface area contributed by atoms with E-state index < -0.39 is 0 Å². The number of carbonyl (C=O) groups excluding carboxylic acids is 1. The molecule has 1 unspecified atom stereocenters. The molecule has 1 aromatic carbocycles. The number of anilines is 1. The Morgan fingerprint density at radius 3 is 2.81 bits per heavy atom. The quantitative estimate of drug-likeness (QED) is 0.897. The number of benzene rings is 1. The Morgan fingerprint density at radius 1 is 1.43 bits per heavy atom. The van der Waals surface area contributed by atoms with Gasteiger partial charge in [-0.05, 0) is 37.8 Å². The standard InChI is InChI=1S/C15H21ClN2O3/c1-10(11-5-7-21-8-6-11)17-15(19)18-12-3-4-13(16)14(9-12)20-2/h3-4,9-11H,5-8H2,1-2H3,(H2,17,18,19). The molecule has 0 saturated carbocycles. The molecule has 1 saturated heterocycles. The molecule has 1 aromatic rings. The van der Waals surface area contributed by atoms with Gasteiger partial charge in [0.25, 0.3) is 0 Å². The van der Waals surface area contributed by atoms with E-state index >= 15 is 0 Å². The van der Waals surface area contributed by atoms with Crippen LogP contribution in [0.15, 0.2) is 18.2 Å². The fourth-order valence-corrected chi connectivity index (χ4v) is 2.64. The van der Waals surface area contributed by atoms with E-state index in [0.717, 1.165) is 26.1 Å². The molecule has 1 heterocycles. The van der Waals surface area contributed by atoms with Crippen LogP contribution >= 0.6 is 11.6 Å². The average Bonchev–Trinajstić information content (AvgIpc) is 2.50. The van der Waals surface area contributed by atoms with Crippen molar-refractivity contribution >= 4 is 23.3 Å². The molecule has 2 amide bonds. The molecule has 1 aliphatic rings. The fourth-order valence-electron chi connectivity index (χ4n) is 2.45. The summed E-state index contributed by atoms with van der Waals surface area (Å²) in [7, 11) is 1.54. The molecule has 1 fully saturated rings. The molecule has 0 spiro atoms. The summed E-state index contributed by atoms with van der Waals surface area (Å²) in [5, 5.41) is 6.28. The Labute approximate surface area is 130 Å². The maximum Gasteiger partial charge on any atom is 0.319 e. The van der Waals surface area contributed by atoms with Gasteiger partial charge in [-0.3, -0.25) is 0 Å². The Hall–Kier alpha value is -1.46. The van der Waals surface area contributed by atoms with Crippen LogP contribution in [0.5, 0.6) is 5.75 Å². The summed E-state index contributed by atoms with van der Waals surface area (Å²) in [6.07, 6.45) is 1.96. The van der Waals surface area contributed by atoms with Crippen LogP contribution in [0.4, 0.5) is 10.5 Å². The topological polar surface area (TPSA) is 59.6 Å². The van der Waals surface area contributed by atoms with E-state index in [9.17, 15) is 4.79 Å². The molecule has 0 aromatic heterocycles. The van der Waals surface area contributed by atoms with Gasteiger partial charge < -0.3 is 20.1 Å². The van der Waals surface area contributed by atoms with Gasteiger partial charge >= 0.3 is 6.03 Å². The minimum absolute atomic E-state index is 0.114. The van der Waals surface area contributed by atoms with Gasteiger partial charge in [0.05, 0.1) is 12.1 Å². The first-order chi connectivity index (χ1) is 10.1. The number of carbonyl (C=O) groups is 1. The minimum Gasteiger partial charge on any atom is -0.495 e. The Morgan fingerprint density at radius 2 is 2.14 bits per heavy atom. The van der Waals surface area contributed by atoms with Crippen molar-refractivity contribution in [3.63, 3.8) is 0 Å². The first kappa shape index (κ1) is 15.9. The number of hydrogen-bond donors (Lipinski definition) is 2. The third kappa shape index (κ3) is 4.51. The predicted molar refractivity (Wildman–Crippen MR) is 83.2 cm³/mol. The van der Waals surface area contributed by atoms with Crippen molar-refractivity contribution in [2.45, 2.75) is 25.8 Å². The summed E-state index contributed by atoms with van der Waals surface area (Å²) in [6.45, 7) is 3.57. The van der Waals surface area contributed by atoms with Crippen molar-refractivity contribution < 1.29 is 14.3 Å². The van der Waals surface area contributed by atoms with Crippen molar-refractivity contribution in [3.8, 4) is 5.75 Å². The highest BCUT2D eigenvalue weighted by atomic mass is 35.5. The fraction of sp³-hybridized carbons (Fsp3) is 0.533. The molecule has 2 rings (SSSR count). The molecule has 2 N–H and O–H groups in total. The third-order valence-corrected chi connectivity index (χ3v) is 4.05. The summed E-state index contributed by atoms with van der Waals surface area (Å²) in [5.74, 6) is 0.996. The first-order valence-corrected chi connectivity index (χ1v) is 7.46. The summed E-state index contributed by atoms with van der Waals surface area (Å²) < 4.78 is 10.5. The number of methoxy groups -OCH3 is 1. The summed E-state index contributed by atoms with van der Waals surface area (Å²) in [5.41, 5.74) is 0.646. The molecule has 1 aliphatic heterocycles. The van der Waals surface area contributed by atoms with Crippen LogP contribution in [0.3, 0.4) is 0 Å². The summed E-state index contributed by atoms with van der Waals surface area (Å²) in [4.78, 5) is 12.0. The van der Waals surface area contributed by atoms with Crippen LogP contribution in [0, 0.1) is 5.92 Å². The Bertz CT molecular complexity index is 490.